The summed E-state index contributed by atoms with van der Waals surface area (Å²) in [5.74, 6) is -1.19. The molecular weight excluding hydrogens is 391 g/mol. The van der Waals surface area contributed by atoms with Gasteiger partial charge >= 0.3 is 12.1 Å². The third-order valence-corrected chi connectivity index (χ3v) is 6.26. The molecule has 1 aromatic heterocycles. The Morgan fingerprint density at radius 2 is 2.14 bits per heavy atom. The summed E-state index contributed by atoms with van der Waals surface area (Å²) < 4.78 is 46.8. The van der Waals surface area contributed by atoms with E-state index in [1.165, 1.54) is 0 Å². The van der Waals surface area contributed by atoms with Crippen LogP contribution in [0.4, 0.5) is 19.1 Å². The van der Waals surface area contributed by atoms with Gasteiger partial charge in [-0.3, -0.25) is 9.59 Å². The number of nitrogens with zero attached hydrogens (tertiary/aromatic N) is 4. The van der Waals surface area contributed by atoms with Crippen molar-refractivity contribution in [3.63, 3.8) is 0 Å². The van der Waals surface area contributed by atoms with Crippen LogP contribution in [0, 0.1) is 11.8 Å². The molecule has 4 rings (SSSR count). The van der Waals surface area contributed by atoms with Crippen LogP contribution in [0.3, 0.4) is 0 Å². The van der Waals surface area contributed by atoms with Crippen LogP contribution in [0.1, 0.15) is 45.6 Å². The van der Waals surface area contributed by atoms with Gasteiger partial charge in [0.1, 0.15) is 11.9 Å². The highest BCUT2D eigenvalue weighted by Crippen LogP contribution is 2.41. The average molecular weight is 415 g/mol. The van der Waals surface area contributed by atoms with Crippen molar-refractivity contribution < 1.29 is 27.5 Å². The molecule has 0 aliphatic carbocycles. The van der Waals surface area contributed by atoms with Crippen molar-refractivity contribution in [2.75, 3.05) is 18.4 Å². The van der Waals surface area contributed by atoms with Crippen molar-refractivity contribution >= 4 is 17.8 Å². The number of nitrogens with one attached hydrogen (secondary N) is 1. The molecule has 8 nitrogen and oxygen atoms in total. The molecule has 0 aromatic carbocycles. The summed E-state index contributed by atoms with van der Waals surface area (Å²) in [7, 11) is 0. The predicted octanol–water partition coefficient (Wildman–Crippen LogP) is 2.15. The maximum atomic E-state index is 13.5. The summed E-state index contributed by atoms with van der Waals surface area (Å²) >= 11 is 0. The zero-order valence-corrected chi connectivity index (χ0v) is 16.3. The minimum absolute atomic E-state index is 0.0356. The van der Waals surface area contributed by atoms with Gasteiger partial charge in [-0.2, -0.15) is 23.3 Å². The number of aromatic nitrogens is 3. The summed E-state index contributed by atoms with van der Waals surface area (Å²) in [4.78, 5) is 30.3. The number of esters is 1. The molecule has 0 saturated carbocycles. The Morgan fingerprint density at radius 3 is 2.79 bits per heavy atom. The number of halogens is 3. The minimum atomic E-state index is -4.43. The van der Waals surface area contributed by atoms with Crippen LogP contribution in [-0.4, -0.2) is 62.4 Å². The standard InChI is InChI=1S/C18H24F3N5O3/c1-17(2)11(6-14(27)29-17)15(28)25-5-3-4-10(8-25)12-7-13(18(19,20)21)26-16(24-12)22-9-23-26/h9-13H,3-8H2,1-2H3,(H,22,23,24)/t10-,11-,12-,13+/m0/s1. The van der Waals surface area contributed by atoms with E-state index in [1.807, 2.05) is 0 Å². The van der Waals surface area contributed by atoms with Gasteiger partial charge in [0, 0.05) is 19.1 Å². The Hall–Kier alpha value is -2.33. The molecule has 1 amide bonds. The second-order valence-electron chi connectivity index (χ2n) is 8.59. The minimum Gasteiger partial charge on any atom is -0.459 e. The van der Waals surface area contributed by atoms with E-state index in [1.54, 1.807) is 18.7 Å². The van der Waals surface area contributed by atoms with Gasteiger partial charge in [-0.25, -0.2) is 4.68 Å². The van der Waals surface area contributed by atoms with E-state index in [4.69, 9.17) is 4.74 Å². The lowest BCUT2D eigenvalue weighted by atomic mass is 9.84. The first-order valence-electron chi connectivity index (χ1n) is 9.79. The highest BCUT2D eigenvalue weighted by Gasteiger charge is 2.50. The highest BCUT2D eigenvalue weighted by molar-refractivity contribution is 5.87. The number of piperidine rings is 1. The number of amides is 1. The van der Waals surface area contributed by atoms with Gasteiger partial charge in [-0.1, -0.05) is 0 Å². The molecule has 2 fully saturated rings. The van der Waals surface area contributed by atoms with Crippen LogP contribution in [0.2, 0.25) is 0 Å². The van der Waals surface area contributed by atoms with E-state index in [-0.39, 0.29) is 30.6 Å². The van der Waals surface area contributed by atoms with Gasteiger partial charge in [-0.15, -0.1) is 0 Å². The van der Waals surface area contributed by atoms with Crippen molar-refractivity contribution in [2.45, 2.75) is 63.4 Å². The molecule has 29 heavy (non-hydrogen) atoms. The molecule has 4 heterocycles. The van der Waals surface area contributed by atoms with Crippen LogP contribution in [0.5, 0.6) is 0 Å². The molecule has 1 N–H and O–H groups in total. The molecule has 0 radical (unpaired) electrons. The highest BCUT2D eigenvalue weighted by atomic mass is 19.4. The fourth-order valence-electron chi connectivity index (χ4n) is 4.69. The van der Waals surface area contributed by atoms with E-state index < -0.39 is 35.7 Å². The van der Waals surface area contributed by atoms with Gasteiger partial charge in [-0.05, 0) is 39.0 Å². The van der Waals surface area contributed by atoms with Crippen molar-refractivity contribution in [1.29, 1.82) is 0 Å². The second-order valence-corrected chi connectivity index (χ2v) is 8.59. The second kappa shape index (κ2) is 6.88. The number of carbonyl (C=O) groups is 2. The number of fused-ring (bicyclic) bond motifs is 1. The lowest BCUT2D eigenvalue weighted by Crippen LogP contribution is -2.51. The number of carbonyl (C=O) groups excluding carboxylic acids is 2. The van der Waals surface area contributed by atoms with E-state index in [9.17, 15) is 22.8 Å². The fraction of sp³-hybridized carbons (Fsp3) is 0.778. The van der Waals surface area contributed by atoms with Crippen molar-refractivity contribution in [1.82, 2.24) is 19.7 Å². The maximum absolute atomic E-state index is 13.5. The number of alkyl halides is 3. The number of likely N-dealkylation sites (tertiary alicyclic amines) is 1. The summed E-state index contributed by atoms with van der Waals surface area (Å²) in [6.07, 6.45) is -2.04. The van der Waals surface area contributed by atoms with Crippen molar-refractivity contribution in [2.24, 2.45) is 11.8 Å². The van der Waals surface area contributed by atoms with Crippen LogP contribution < -0.4 is 5.32 Å². The molecule has 4 atom stereocenters. The number of hydrogen-bond donors (Lipinski definition) is 1. The molecule has 0 bridgehead atoms. The quantitative estimate of drug-likeness (QED) is 0.745. The van der Waals surface area contributed by atoms with E-state index in [0.717, 1.165) is 11.0 Å². The molecule has 2 saturated heterocycles. The fourth-order valence-corrected chi connectivity index (χ4v) is 4.69. The van der Waals surface area contributed by atoms with Crippen LogP contribution >= 0.6 is 0 Å². The van der Waals surface area contributed by atoms with Gasteiger partial charge in [0.2, 0.25) is 11.9 Å². The number of cyclic esters (lactones) is 1. The summed E-state index contributed by atoms with van der Waals surface area (Å²) in [5.41, 5.74) is -0.873. The Bertz CT molecular complexity index is 809. The Balaban J connectivity index is 1.49. The lowest BCUT2D eigenvalue weighted by Gasteiger charge is -2.42. The molecule has 3 aliphatic rings. The SMILES string of the molecule is CC1(C)OC(=O)C[C@H]1C(=O)N1CCC[C@H]([C@@H]2C[C@H](C(F)(F)F)n3ncnc3N2)C1. The van der Waals surface area contributed by atoms with Gasteiger partial charge < -0.3 is 15.0 Å². The largest absolute Gasteiger partial charge is 0.459 e. The molecule has 1 aromatic rings. The third kappa shape index (κ3) is 3.66. The van der Waals surface area contributed by atoms with Crippen LogP contribution in [0.15, 0.2) is 6.33 Å². The zero-order valence-electron chi connectivity index (χ0n) is 16.3. The topological polar surface area (TPSA) is 89.4 Å². The summed E-state index contributed by atoms with van der Waals surface area (Å²) in [6.45, 7) is 4.30. The Kier molecular flexibility index (Phi) is 4.73. The van der Waals surface area contributed by atoms with Gasteiger partial charge in [0.05, 0.1) is 12.3 Å². The first kappa shape index (κ1) is 20.0. The Morgan fingerprint density at radius 1 is 1.38 bits per heavy atom. The number of anilines is 1. The lowest BCUT2D eigenvalue weighted by molar-refractivity contribution is -0.175. The van der Waals surface area contributed by atoms with Crippen LogP contribution in [0.25, 0.3) is 0 Å². The molecule has 0 spiro atoms. The monoisotopic (exact) mass is 415 g/mol. The summed E-state index contributed by atoms with van der Waals surface area (Å²) in [6, 6.07) is -2.21. The molecule has 3 aliphatic heterocycles. The zero-order chi connectivity index (χ0) is 21.0. The van der Waals surface area contributed by atoms with E-state index in [0.29, 0.717) is 25.9 Å². The Labute approximate surface area is 165 Å². The first-order chi connectivity index (χ1) is 13.6. The average Bonchev–Trinajstić information content (AvgIpc) is 3.22. The van der Waals surface area contributed by atoms with E-state index in [2.05, 4.69) is 15.4 Å². The normalized spacial score (nSPS) is 31.8. The molecular formula is C18H24F3N5O3. The van der Waals surface area contributed by atoms with Gasteiger partial charge in [0.15, 0.2) is 6.04 Å². The van der Waals surface area contributed by atoms with Crippen molar-refractivity contribution in [3.8, 4) is 0 Å². The maximum Gasteiger partial charge on any atom is 0.411 e. The first-order valence-corrected chi connectivity index (χ1v) is 9.79. The van der Waals surface area contributed by atoms with E-state index >= 15 is 0 Å². The molecule has 11 heteroatoms. The molecule has 160 valence electrons. The molecule has 0 unspecified atom stereocenters. The van der Waals surface area contributed by atoms with Crippen molar-refractivity contribution in [3.05, 3.63) is 6.33 Å². The van der Waals surface area contributed by atoms with Gasteiger partial charge in [0.25, 0.3) is 0 Å². The third-order valence-electron chi connectivity index (χ3n) is 6.26. The predicted molar refractivity (Wildman–Crippen MR) is 94.7 cm³/mol. The van der Waals surface area contributed by atoms with Crippen LogP contribution in [-0.2, 0) is 14.3 Å². The smallest absolute Gasteiger partial charge is 0.411 e. The summed E-state index contributed by atoms with van der Waals surface area (Å²) in [5, 5.41) is 6.79. The number of hydrogen-bond acceptors (Lipinski definition) is 6. The number of rotatable bonds is 2. The number of ether oxygens (including phenoxy) is 1.